The van der Waals surface area contributed by atoms with Crippen molar-refractivity contribution in [1.29, 1.82) is 0 Å². The second-order valence-corrected chi connectivity index (χ2v) is 16.9. The van der Waals surface area contributed by atoms with E-state index in [0.29, 0.717) is 0 Å². The quantitative estimate of drug-likeness (QED) is 0.234. The van der Waals surface area contributed by atoms with E-state index in [4.69, 9.17) is 0 Å². The van der Waals surface area contributed by atoms with Crippen molar-refractivity contribution < 1.29 is 57.7 Å². The maximum absolute atomic E-state index is 2.66. The zero-order valence-corrected chi connectivity index (χ0v) is 29.2. The Balaban J connectivity index is 0.00000241. The van der Waals surface area contributed by atoms with Gasteiger partial charge >= 0.3 is 227 Å². The van der Waals surface area contributed by atoms with Crippen LogP contribution >= 0.6 is 0 Å². The van der Waals surface area contributed by atoms with E-state index >= 15 is 0 Å². The van der Waals surface area contributed by atoms with Crippen LogP contribution < -0.4 is 52.8 Å². The van der Waals surface area contributed by atoms with Gasteiger partial charge in [-0.1, -0.05) is 0 Å². The van der Waals surface area contributed by atoms with Crippen molar-refractivity contribution in [2.75, 3.05) is 0 Å². The largest absolute Gasteiger partial charge is 1.00 e. The van der Waals surface area contributed by atoms with Crippen LogP contribution in [0.5, 0.6) is 0 Å². The summed E-state index contributed by atoms with van der Waals surface area (Å²) in [6.45, 7) is 23.2. The Morgan fingerprint density at radius 1 is 0.500 bits per heavy atom. The maximum atomic E-state index is 2.57. The number of rotatable bonds is 4. The van der Waals surface area contributed by atoms with Crippen LogP contribution in [0.1, 0.15) is 61.1 Å². The molecular formula is C33H39Cl3SiTi. The molecule has 0 nitrogen and oxygen atoms in total. The monoisotopic (exact) mass is 616 g/mol. The van der Waals surface area contributed by atoms with Gasteiger partial charge in [0.25, 0.3) is 0 Å². The van der Waals surface area contributed by atoms with E-state index in [1.807, 2.05) is 0 Å². The second kappa shape index (κ2) is 12.6. The molecule has 38 heavy (non-hydrogen) atoms. The first-order chi connectivity index (χ1) is 16.3. The molecule has 0 bridgehead atoms. The zero-order valence-electron chi connectivity index (χ0n) is 24.3. The van der Waals surface area contributed by atoms with Crippen molar-refractivity contribution in [3.63, 3.8) is 0 Å². The van der Waals surface area contributed by atoms with Gasteiger partial charge in [0, 0.05) is 0 Å². The van der Waals surface area contributed by atoms with Crippen LogP contribution in [0.4, 0.5) is 0 Å². The van der Waals surface area contributed by atoms with E-state index in [9.17, 15) is 0 Å². The Labute approximate surface area is 262 Å². The summed E-state index contributed by atoms with van der Waals surface area (Å²) >= 11 is 2.57. The van der Waals surface area contributed by atoms with E-state index in [-0.39, 0.29) is 40.6 Å². The van der Waals surface area contributed by atoms with Gasteiger partial charge in [0.1, 0.15) is 0 Å². The molecule has 4 rings (SSSR count). The van der Waals surface area contributed by atoms with Crippen molar-refractivity contribution >= 4 is 23.6 Å². The number of allylic oxidation sites excluding steroid dienone is 4. The number of hydrogen-bond acceptors (Lipinski definition) is 0. The first-order valence-electron chi connectivity index (χ1n) is 12.7. The van der Waals surface area contributed by atoms with Crippen molar-refractivity contribution in [1.82, 2.24) is 0 Å². The van der Waals surface area contributed by atoms with Crippen molar-refractivity contribution in [3.8, 4) is 0 Å². The van der Waals surface area contributed by atoms with Gasteiger partial charge in [-0.25, -0.2) is 0 Å². The molecule has 0 radical (unpaired) electrons. The number of benzene rings is 3. The Kier molecular flexibility index (Phi) is 11.6. The molecule has 0 amide bonds. The standard InChI is InChI=1S/C33H39Si.3ClH.Ti/c1-20-11-13-24(5)31(18-20)34(30-16-22(3)15-23(4)17-30,32-19-21(2)12-14-25(32)6)33-28(9)26(7)27(8)29(33)10;;;;/h11-19H,1-10H3;3*1H;/q;;;;+3/p-3. The van der Waals surface area contributed by atoms with Crippen LogP contribution in [-0.2, 0) is 20.4 Å². The summed E-state index contributed by atoms with van der Waals surface area (Å²) in [5.74, 6) is 0. The molecule has 3 aromatic carbocycles. The molecule has 0 saturated heterocycles. The third-order valence-electron chi connectivity index (χ3n) is 8.62. The minimum atomic E-state index is -2.66. The smallest absolute Gasteiger partial charge is 1.00 e. The molecule has 0 unspecified atom stereocenters. The molecule has 200 valence electrons. The Hall–Kier alpha value is -1.06. The third-order valence-corrected chi connectivity index (χ3v) is 17.3. The molecule has 0 spiro atoms. The van der Waals surface area contributed by atoms with Gasteiger partial charge in [-0.2, -0.15) is 0 Å². The van der Waals surface area contributed by atoms with Gasteiger partial charge in [0.15, 0.2) is 0 Å². The maximum Gasteiger partial charge on any atom is -1.00 e. The Morgan fingerprint density at radius 3 is 1.24 bits per heavy atom. The van der Waals surface area contributed by atoms with Gasteiger partial charge in [-0.15, -0.1) is 0 Å². The van der Waals surface area contributed by atoms with E-state index < -0.39 is 8.07 Å². The molecule has 5 heteroatoms. The van der Waals surface area contributed by atoms with Crippen LogP contribution in [0.25, 0.3) is 0 Å². The molecular weight excluding hydrogens is 579 g/mol. The Bertz CT molecular complexity index is 1320. The summed E-state index contributed by atoms with van der Waals surface area (Å²) in [7, 11) is -2.66. The van der Waals surface area contributed by atoms with Crippen LogP contribution in [0.15, 0.2) is 76.9 Å². The summed E-state index contributed by atoms with van der Waals surface area (Å²) in [6.07, 6.45) is 0. The first kappa shape index (κ1) is 35.0. The fraction of sp³-hybridized carbons (Fsp3) is 0.333. The van der Waals surface area contributed by atoms with Crippen molar-refractivity contribution in [3.05, 3.63) is 110 Å². The van der Waals surface area contributed by atoms with E-state index in [1.54, 1.807) is 21.5 Å². The predicted octanol–water partition coefficient (Wildman–Crippen LogP) is -2.05. The molecule has 0 saturated carbocycles. The fourth-order valence-electron chi connectivity index (χ4n) is 6.52. The van der Waals surface area contributed by atoms with Gasteiger partial charge in [-0.3, -0.25) is 0 Å². The molecule has 0 fully saturated rings. The number of aryl methyl sites for hydroxylation is 6. The third kappa shape index (κ3) is 5.20. The number of hydrogen-bond donors (Lipinski definition) is 0. The van der Waals surface area contributed by atoms with Gasteiger partial charge < -0.3 is 37.2 Å². The summed E-state index contributed by atoms with van der Waals surface area (Å²) in [5, 5.41) is 4.64. The SMILES string of the molecule is CC1=C(C)[C]([Ti+3])([Si](c2cc(C)cc(C)c2)(c2cc(C)ccc2C)c2cc(C)ccc2C)C(C)=C1C.[Cl-].[Cl-].[Cl-]. The average molecular weight is 618 g/mol. The minimum absolute atomic E-state index is 0. The summed E-state index contributed by atoms with van der Waals surface area (Å²) < 4.78 is -0.0709. The van der Waals surface area contributed by atoms with E-state index in [1.165, 1.54) is 49.7 Å². The molecule has 0 N–H and O–H groups in total. The summed E-state index contributed by atoms with van der Waals surface area (Å²) in [6, 6.07) is 21.7. The van der Waals surface area contributed by atoms with Crippen LogP contribution in [0, 0.1) is 41.5 Å². The minimum Gasteiger partial charge on any atom is -1.00 e. The summed E-state index contributed by atoms with van der Waals surface area (Å²) in [4.78, 5) is 0. The molecule has 0 heterocycles. The summed E-state index contributed by atoms with van der Waals surface area (Å²) in [5.41, 5.74) is 14.2. The average Bonchev–Trinajstić information content (AvgIpc) is 2.94. The first-order valence-corrected chi connectivity index (χ1v) is 15.5. The topological polar surface area (TPSA) is 0 Å². The predicted molar refractivity (Wildman–Crippen MR) is 152 cm³/mol. The molecule has 0 atom stereocenters. The van der Waals surface area contributed by atoms with Crippen molar-refractivity contribution in [2.24, 2.45) is 0 Å². The van der Waals surface area contributed by atoms with Gasteiger partial charge in [-0.05, 0) is 0 Å². The van der Waals surface area contributed by atoms with E-state index in [2.05, 4.69) is 144 Å². The molecule has 0 aromatic heterocycles. The fourth-order valence-corrected chi connectivity index (χ4v) is 15.8. The van der Waals surface area contributed by atoms with Gasteiger partial charge in [0.2, 0.25) is 0 Å². The van der Waals surface area contributed by atoms with E-state index in [0.717, 1.165) is 0 Å². The molecule has 0 aliphatic heterocycles. The normalized spacial score (nSPS) is 14.6. The van der Waals surface area contributed by atoms with Crippen LogP contribution in [0.3, 0.4) is 0 Å². The zero-order chi connectivity index (χ0) is 25.9. The van der Waals surface area contributed by atoms with Crippen LogP contribution in [0.2, 0.25) is 3.34 Å². The van der Waals surface area contributed by atoms with Crippen LogP contribution in [-0.4, -0.2) is 8.07 Å². The van der Waals surface area contributed by atoms with Gasteiger partial charge in [0.05, 0.1) is 0 Å². The van der Waals surface area contributed by atoms with Crippen molar-refractivity contribution in [2.45, 2.75) is 72.6 Å². The second-order valence-electron chi connectivity index (χ2n) is 11.0. The number of halogens is 3. The molecule has 3 aromatic rings. The Morgan fingerprint density at radius 2 is 0.868 bits per heavy atom. The molecule has 1 aliphatic rings. The molecule has 1 aliphatic carbocycles.